The Hall–Kier alpha value is -1.72. The zero-order chi connectivity index (χ0) is 17.6. The van der Waals surface area contributed by atoms with Crippen molar-refractivity contribution in [3.63, 3.8) is 0 Å². The predicted octanol–water partition coefficient (Wildman–Crippen LogP) is 3.09. The minimum absolute atomic E-state index is 0.284. The summed E-state index contributed by atoms with van der Waals surface area (Å²) in [5.41, 5.74) is 2.68. The van der Waals surface area contributed by atoms with Gasteiger partial charge in [-0.2, -0.15) is 0 Å². The second kappa shape index (κ2) is 8.59. The van der Waals surface area contributed by atoms with Crippen LogP contribution < -0.4 is 10.2 Å². The molecule has 5 heteroatoms. The largest absolute Gasteiger partial charge is 0.348 e. The average molecular weight is 406 g/mol. The van der Waals surface area contributed by atoms with Crippen molar-refractivity contribution >= 4 is 21.8 Å². The van der Waals surface area contributed by atoms with Gasteiger partial charge in [-0.3, -0.25) is 4.79 Å². The molecule has 2 aromatic rings. The Balaban J connectivity index is 1.54. The summed E-state index contributed by atoms with van der Waals surface area (Å²) >= 11 is 3.28. The van der Waals surface area contributed by atoms with Gasteiger partial charge in [0, 0.05) is 16.6 Å². The second-order valence-electron chi connectivity index (χ2n) is 6.61. The number of carbonyl (C=O) groups excluding carboxylic acids is 1. The highest BCUT2D eigenvalue weighted by molar-refractivity contribution is 9.10. The molecule has 132 valence electrons. The maximum atomic E-state index is 13.3. The maximum absolute atomic E-state index is 13.3. The molecule has 0 saturated carbocycles. The van der Waals surface area contributed by atoms with Crippen LogP contribution >= 0.6 is 15.9 Å². The molecule has 0 spiro atoms. The Morgan fingerprint density at radius 1 is 1.04 bits per heavy atom. The number of rotatable bonds is 5. The zero-order valence-corrected chi connectivity index (χ0v) is 15.7. The summed E-state index contributed by atoms with van der Waals surface area (Å²) in [4.78, 5) is 13.9. The first-order valence-corrected chi connectivity index (χ1v) is 9.56. The van der Waals surface area contributed by atoms with Crippen LogP contribution in [-0.2, 0) is 13.1 Å². The van der Waals surface area contributed by atoms with Crippen LogP contribution in [0.5, 0.6) is 0 Å². The third-order valence-electron chi connectivity index (χ3n) is 4.66. The van der Waals surface area contributed by atoms with Gasteiger partial charge in [0.2, 0.25) is 0 Å². The topological polar surface area (TPSA) is 33.5 Å². The number of nitrogens with one attached hydrogen (secondary N) is 2. The van der Waals surface area contributed by atoms with Gasteiger partial charge < -0.3 is 10.2 Å². The van der Waals surface area contributed by atoms with Crippen LogP contribution in [0.25, 0.3) is 0 Å². The lowest BCUT2D eigenvalue weighted by atomic mass is 10.1. The Kier molecular flexibility index (Phi) is 6.21. The molecule has 1 fully saturated rings. The molecular weight excluding hydrogens is 383 g/mol. The van der Waals surface area contributed by atoms with Gasteiger partial charge in [-0.25, -0.2) is 4.39 Å². The van der Waals surface area contributed by atoms with Gasteiger partial charge in [0.15, 0.2) is 0 Å². The van der Waals surface area contributed by atoms with E-state index in [-0.39, 0.29) is 5.91 Å². The molecule has 0 unspecified atom stereocenters. The Morgan fingerprint density at radius 2 is 1.72 bits per heavy atom. The van der Waals surface area contributed by atoms with Crippen molar-refractivity contribution in [2.24, 2.45) is 0 Å². The first-order valence-electron chi connectivity index (χ1n) is 8.76. The average Bonchev–Trinajstić information content (AvgIpc) is 2.64. The summed E-state index contributed by atoms with van der Waals surface area (Å²) < 4.78 is 13.9. The van der Waals surface area contributed by atoms with Gasteiger partial charge in [0.1, 0.15) is 12.4 Å². The van der Waals surface area contributed by atoms with E-state index in [0.717, 1.165) is 12.1 Å². The standard InChI is InChI=1S/C20H22BrFN2O/c21-19-9-8-17(22)12-18(19)20(25)23-13-15-4-6-16(7-5-15)14-24-10-2-1-3-11-24/h4-9,12H,1-3,10-11,13-14H2,(H,23,25)/p+1. The summed E-state index contributed by atoms with van der Waals surface area (Å²) in [6.07, 6.45) is 4.02. The van der Waals surface area contributed by atoms with E-state index >= 15 is 0 Å². The molecule has 1 aliphatic rings. The number of piperidine rings is 1. The van der Waals surface area contributed by atoms with Gasteiger partial charge in [-0.15, -0.1) is 0 Å². The van der Waals surface area contributed by atoms with Crippen LogP contribution in [0.2, 0.25) is 0 Å². The van der Waals surface area contributed by atoms with Crippen LogP contribution in [0.15, 0.2) is 46.9 Å². The summed E-state index contributed by atoms with van der Waals surface area (Å²) in [6, 6.07) is 12.5. The smallest absolute Gasteiger partial charge is 0.252 e. The van der Waals surface area contributed by atoms with Crippen LogP contribution in [0.1, 0.15) is 40.7 Å². The fourth-order valence-corrected chi connectivity index (χ4v) is 3.67. The highest BCUT2D eigenvalue weighted by Crippen LogP contribution is 2.17. The molecule has 0 bridgehead atoms. The van der Waals surface area contributed by atoms with Gasteiger partial charge in [0.05, 0.1) is 18.7 Å². The van der Waals surface area contributed by atoms with Crippen LogP contribution in [0.3, 0.4) is 0 Å². The van der Waals surface area contributed by atoms with Crippen molar-refractivity contribution in [1.82, 2.24) is 5.32 Å². The number of likely N-dealkylation sites (tertiary alicyclic amines) is 1. The van der Waals surface area contributed by atoms with Crippen LogP contribution in [-0.4, -0.2) is 19.0 Å². The third kappa shape index (κ3) is 5.13. The normalized spacial score (nSPS) is 15.1. The van der Waals surface area contributed by atoms with E-state index in [4.69, 9.17) is 0 Å². The minimum Gasteiger partial charge on any atom is -0.348 e. The number of carbonyl (C=O) groups is 1. The lowest BCUT2D eigenvalue weighted by molar-refractivity contribution is -0.918. The second-order valence-corrected chi connectivity index (χ2v) is 7.47. The van der Waals surface area contributed by atoms with Gasteiger partial charge in [0.25, 0.3) is 5.91 Å². The molecule has 2 N–H and O–H groups in total. The molecule has 0 aliphatic carbocycles. The molecule has 3 rings (SSSR count). The fourth-order valence-electron chi connectivity index (χ4n) is 3.24. The first kappa shape index (κ1) is 18.1. The van der Waals surface area contributed by atoms with E-state index in [1.165, 1.54) is 50.0 Å². The van der Waals surface area contributed by atoms with Crippen molar-refractivity contribution in [3.8, 4) is 0 Å². The number of hydrogen-bond acceptors (Lipinski definition) is 1. The zero-order valence-electron chi connectivity index (χ0n) is 14.2. The quantitative estimate of drug-likeness (QED) is 0.787. The van der Waals surface area contributed by atoms with Crippen LogP contribution in [0, 0.1) is 5.82 Å². The summed E-state index contributed by atoms with van der Waals surface area (Å²) in [7, 11) is 0. The predicted molar refractivity (Wildman–Crippen MR) is 100.0 cm³/mol. The van der Waals surface area contributed by atoms with E-state index in [1.54, 1.807) is 11.0 Å². The first-order chi connectivity index (χ1) is 12.1. The van der Waals surface area contributed by atoms with Gasteiger partial charge >= 0.3 is 0 Å². The molecule has 0 aromatic heterocycles. The highest BCUT2D eigenvalue weighted by Gasteiger charge is 2.14. The summed E-state index contributed by atoms with van der Waals surface area (Å²) in [6.45, 7) is 4.03. The lowest BCUT2D eigenvalue weighted by Gasteiger charge is -2.23. The molecule has 25 heavy (non-hydrogen) atoms. The molecule has 0 atom stereocenters. The maximum Gasteiger partial charge on any atom is 0.252 e. The van der Waals surface area contributed by atoms with Crippen molar-refractivity contribution in [3.05, 3.63) is 69.4 Å². The molecular formula is C20H23BrFN2O+. The van der Waals surface area contributed by atoms with E-state index < -0.39 is 5.82 Å². The van der Waals surface area contributed by atoms with E-state index in [1.807, 2.05) is 0 Å². The highest BCUT2D eigenvalue weighted by atomic mass is 79.9. The minimum atomic E-state index is -0.419. The van der Waals surface area contributed by atoms with Gasteiger partial charge in [-0.05, 0) is 59.0 Å². The molecule has 1 aliphatic heterocycles. The third-order valence-corrected chi connectivity index (χ3v) is 5.36. The molecule has 3 nitrogen and oxygen atoms in total. The Labute approximate surface area is 156 Å². The SMILES string of the molecule is O=C(NCc1ccc(C[NH+]2CCCCC2)cc1)c1cc(F)ccc1Br. The van der Waals surface area contributed by atoms with E-state index in [0.29, 0.717) is 16.6 Å². The lowest BCUT2D eigenvalue weighted by Crippen LogP contribution is -3.11. The Bertz CT molecular complexity index is 727. The fraction of sp³-hybridized carbons (Fsp3) is 0.350. The molecule has 0 radical (unpaired) electrons. The number of hydrogen-bond donors (Lipinski definition) is 2. The Morgan fingerprint density at radius 3 is 2.44 bits per heavy atom. The number of halogens is 2. The number of quaternary nitrogens is 1. The summed E-state index contributed by atoms with van der Waals surface area (Å²) in [5, 5.41) is 2.84. The molecule has 1 heterocycles. The van der Waals surface area contributed by atoms with Crippen molar-refractivity contribution < 1.29 is 14.1 Å². The molecule has 1 saturated heterocycles. The van der Waals surface area contributed by atoms with Crippen molar-refractivity contribution in [1.29, 1.82) is 0 Å². The van der Waals surface area contributed by atoms with E-state index in [9.17, 15) is 9.18 Å². The summed E-state index contributed by atoms with van der Waals surface area (Å²) in [5.74, 6) is -0.703. The van der Waals surface area contributed by atoms with Crippen LogP contribution in [0.4, 0.5) is 4.39 Å². The molecule has 2 aromatic carbocycles. The number of amides is 1. The van der Waals surface area contributed by atoms with Gasteiger partial charge in [-0.1, -0.05) is 24.3 Å². The van der Waals surface area contributed by atoms with E-state index in [2.05, 4.69) is 45.5 Å². The number of benzene rings is 2. The molecule has 1 amide bonds. The van der Waals surface area contributed by atoms with Crippen molar-refractivity contribution in [2.75, 3.05) is 13.1 Å². The van der Waals surface area contributed by atoms with Crippen molar-refractivity contribution in [2.45, 2.75) is 32.4 Å². The monoisotopic (exact) mass is 405 g/mol.